The van der Waals surface area contributed by atoms with Gasteiger partial charge >= 0.3 is 0 Å². The van der Waals surface area contributed by atoms with E-state index in [9.17, 15) is 4.79 Å². The molecule has 1 N–H and O–H groups in total. The first-order valence-corrected chi connectivity index (χ1v) is 7.58. The van der Waals surface area contributed by atoms with Crippen molar-refractivity contribution in [1.29, 1.82) is 5.41 Å². The van der Waals surface area contributed by atoms with Crippen LogP contribution in [-0.2, 0) is 11.2 Å². The molecule has 0 unspecified atom stereocenters. The maximum atomic E-state index is 12.6. The molecule has 0 fully saturated rings. The molecule has 126 valence electrons. The second-order valence-corrected chi connectivity index (χ2v) is 6.86. The second-order valence-electron chi connectivity index (χ2n) is 6.86. The van der Waals surface area contributed by atoms with Crippen LogP contribution < -0.4 is 0 Å². The quantitative estimate of drug-likeness (QED) is 0.652. The summed E-state index contributed by atoms with van der Waals surface area (Å²) in [6.45, 7) is 9.54. The number of nitrogens with zero attached hydrogens (tertiary/aromatic N) is 1. The monoisotopic (exact) mass is 336 g/mol. The third kappa shape index (κ3) is 4.35. The van der Waals surface area contributed by atoms with Crippen molar-refractivity contribution in [2.24, 2.45) is 5.41 Å². The lowest BCUT2D eigenvalue weighted by atomic mass is 9.95. The number of fused-ring (bicyclic) bond motifs is 1. The van der Waals surface area contributed by atoms with Gasteiger partial charge in [-0.2, -0.15) is 0 Å². The molecule has 2 rings (SSSR count). The minimum absolute atomic E-state index is 0. The predicted molar refractivity (Wildman–Crippen MR) is 96.9 cm³/mol. The van der Waals surface area contributed by atoms with Crippen LogP contribution >= 0.6 is 12.4 Å². The van der Waals surface area contributed by atoms with Gasteiger partial charge in [0.15, 0.2) is 5.90 Å². The van der Waals surface area contributed by atoms with Crippen LogP contribution in [0.1, 0.15) is 45.0 Å². The zero-order valence-corrected chi connectivity index (χ0v) is 15.2. The molecular formula is C18H25ClN2O2. The molecule has 0 aliphatic carbocycles. The Morgan fingerprint density at radius 3 is 2.43 bits per heavy atom. The van der Waals surface area contributed by atoms with E-state index in [2.05, 4.69) is 0 Å². The second kappa shape index (κ2) is 7.18. The lowest BCUT2D eigenvalue weighted by Crippen LogP contribution is -2.26. The molecule has 5 heteroatoms. The molecule has 0 radical (unpaired) electrons. The van der Waals surface area contributed by atoms with Crippen LogP contribution in [-0.4, -0.2) is 22.5 Å². The molecule has 1 aromatic carbocycles. The van der Waals surface area contributed by atoms with Gasteiger partial charge in [-0.05, 0) is 25.5 Å². The molecule has 0 saturated carbocycles. The summed E-state index contributed by atoms with van der Waals surface area (Å²) in [6.07, 6.45) is 2.22. The number of halogens is 1. The largest absolute Gasteiger partial charge is 0.478 e. The average Bonchev–Trinajstić information content (AvgIpc) is 2.75. The van der Waals surface area contributed by atoms with E-state index in [4.69, 9.17) is 10.1 Å². The van der Waals surface area contributed by atoms with E-state index in [1.54, 1.807) is 4.57 Å². The first-order valence-electron chi connectivity index (χ1n) is 7.58. The van der Waals surface area contributed by atoms with Crippen molar-refractivity contribution in [3.8, 4) is 0 Å². The Bertz CT molecular complexity index is 711. The van der Waals surface area contributed by atoms with Gasteiger partial charge in [0, 0.05) is 17.0 Å². The zero-order valence-electron chi connectivity index (χ0n) is 14.3. The lowest BCUT2D eigenvalue weighted by molar-refractivity contribution is 0.0772. The van der Waals surface area contributed by atoms with Crippen LogP contribution in [0.25, 0.3) is 10.9 Å². The number of hydrogen-bond donors (Lipinski definition) is 1. The van der Waals surface area contributed by atoms with E-state index in [0.29, 0.717) is 6.42 Å². The zero-order chi connectivity index (χ0) is 16.5. The Labute approximate surface area is 143 Å². The van der Waals surface area contributed by atoms with E-state index in [1.165, 1.54) is 0 Å². The fourth-order valence-corrected chi connectivity index (χ4v) is 2.42. The highest BCUT2D eigenvalue weighted by Gasteiger charge is 2.25. The first kappa shape index (κ1) is 19.2. The molecule has 1 heterocycles. The van der Waals surface area contributed by atoms with E-state index < -0.39 is 5.41 Å². The van der Waals surface area contributed by atoms with Crippen LogP contribution in [0, 0.1) is 10.8 Å². The van der Waals surface area contributed by atoms with E-state index in [-0.39, 0.29) is 30.3 Å². The Morgan fingerprint density at radius 2 is 1.87 bits per heavy atom. The van der Waals surface area contributed by atoms with Crippen molar-refractivity contribution in [2.75, 3.05) is 0 Å². The van der Waals surface area contributed by atoms with Crippen molar-refractivity contribution in [2.45, 2.75) is 47.1 Å². The Kier molecular flexibility index (Phi) is 6.00. The van der Waals surface area contributed by atoms with Gasteiger partial charge in [0.2, 0.25) is 5.91 Å². The molecule has 0 aliphatic heterocycles. The Hall–Kier alpha value is -1.81. The number of ether oxygens (including phenoxy) is 1. The van der Waals surface area contributed by atoms with Crippen LogP contribution in [0.15, 0.2) is 30.5 Å². The van der Waals surface area contributed by atoms with E-state index >= 15 is 0 Å². The van der Waals surface area contributed by atoms with Crippen LogP contribution in [0.3, 0.4) is 0 Å². The molecule has 23 heavy (non-hydrogen) atoms. The van der Waals surface area contributed by atoms with Crippen LogP contribution in [0.2, 0.25) is 0 Å². The van der Waals surface area contributed by atoms with Gasteiger partial charge in [-0.25, -0.2) is 0 Å². The summed E-state index contributed by atoms with van der Waals surface area (Å²) >= 11 is 0. The fraction of sp³-hybridized carbons (Fsp3) is 0.444. The number of rotatable bonds is 3. The minimum Gasteiger partial charge on any atom is -0.478 e. The van der Waals surface area contributed by atoms with Gasteiger partial charge < -0.3 is 4.74 Å². The molecule has 0 atom stereocenters. The smallest absolute Gasteiger partial charge is 0.236 e. The van der Waals surface area contributed by atoms with Gasteiger partial charge in [-0.1, -0.05) is 39.0 Å². The van der Waals surface area contributed by atoms with Gasteiger partial charge in [0.25, 0.3) is 0 Å². The highest BCUT2D eigenvalue weighted by atomic mass is 35.5. The third-order valence-corrected chi connectivity index (χ3v) is 3.38. The molecule has 0 amide bonds. The fourth-order valence-electron chi connectivity index (χ4n) is 2.42. The SMILES string of the molecule is CC(C)OC(=N)Cc1cn(C(=O)C(C)(C)C)c2ccccc12.Cl. The molecular weight excluding hydrogens is 312 g/mol. The van der Waals surface area contributed by atoms with Gasteiger partial charge in [-0.15, -0.1) is 12.4 Å². The predicted octanol–water partition coefficient (Wildman–Crippen LogP) is 4.69. The number of carbonyl (C=O) groups is 1. The molecule has 0 saturated heterocycles. The van der Waals surface area contributed by atoms with Crippen molar-refractivity contribution in [1.82, 2.24) is 4.57 Å². The highest BCUT2D eigenvalue weighted by molar-refractivity contribution is 5.97. The van der Waals surface area contributed by atoms with Crippen molar-refractivity contribution in [3.63, 3.8) is 0 Å². The summed E-state index contributed by atoms with van der Waals surface area (Å²) < 4.78 is 7.13. The molecule has 1 aromatic heterocycles. The van der Waals surface area contributed by atoms with E-state index in [1.807, 2.05) is 65.1 Å². The number of benzene rings is 1. The van der Waals surface area contributed by atoms with Gasteiger partial charge in [-0.3, -0.25) is 14.8 Å². The number of carbonyl (C=O) groups excluding carboxylic acids is 1. The van der Waals surface area contributed by atoms with Crippen molar-refractivity contribution in [3.05, 3.63) is 36.0 Å². The molecule has 0 bridgehead atoms. The van der Waals surface area contributed by atoms with Gasteiger partial charge in [0.1, 0.15) is 0 Å². The summed E-state index contributed by atoms with van der Waals surface area (Å²) in [6, 6.07) is 7.80. The van der Waals surface area contributed by atoms with Gasteiger partial charge in [0.05, 0.1) is 18.0 Å². The Balaban J connectivity index is 0.00000264. The van der Waals surface area contributed by atoms with Crippen molar-refractivity contribution >= 4 is 35.1 Å². The number of hydrogen-bond acceptors (Lipinski definition) is 3. The number of para-hydroxylation sites is 1. The molecule has 0 spiro atoms. The maximum Gasteiger partial charge on any atom is 0.236 e. The van der Waals surface area contributed by atoms with Crippen molar-refractivity contribution < 1.29 is 9.53 Å². The number of nitrogens with one attached hydrogen (secondary N) is 1. The normalized spacial score (nSPS) is 11.4. The van der Waals surface area contributed by atoms with E-state index in [0.717, 1.165) is 16.5 Å². The third-order valence-electron chi connectivity index (χ3n) is 3.38. The molecule has 0 aliphatic rings. The van der Waals surface area contributed by atoms with Crippen LogP contribution in [0.4, 0.5) is 0 Å². The summed E-state index contributed by atoms with van der Waals surface area (Å²) in [5.74, 6) is 0.271. The lowest BCUT2D eigenvalue weighted by Gasteiger charge is -2.17. The summed E-state index contributed by atoms with van der Waals surface area (Å²) in [4.78, 5) is 12.6. The highest BCUT2D eigenvalue weighted by Crippen LogP contribution is 2.26. The number of aromatic nitrogens is 1. The average molecular weight is 337 g/mol. The Morgan fingerprint density at radius 1 is 1.26 bits per heavy atom. The molecule has 4 nitrogen and oxygen atoms in total. The maximum absolute atomic E-state index is 12.6. The minimum atomic E-state index is -0.457. The standard InChI is InChI=1S/C18H24N2O2.ClH/c1-12(2)22-16(19)10-13-11-20(17(21)18(3,4)5)15-9-7-6-8-14(13)15;/h6-9,11-12,19H,10H2,1-5H3;1H. The van der Waals surface area contributed by atoms with Crippen LogP contribution in [0.5, 0.6) is 0 Å². The molecule has 2 aromatic rings. The summed E-state index contributed by atoms with van der Waals surface area (Å²) in [5.41, 5.74) is 1.37. The first-order chi connectivity index (χ1) is 10.2. The topological polar surface area (TPSA) is 55.1 Å². The summed E-state index contributed by atoms with van der Waals surface area (Å²) in [7, 11) is 0. The summed E-state index contributed by atoms with van der Waals surface area (Å²) in [5, 5.41) is 8.95.